The van der Waals surface area contributed by atoms with Crippen molar-refractivity contribution in [3.05, 3.63) is 36.0 Å². The summed E-state index contributed by atoms with van der Waals surface area (Å²) in [5.41, 5.74) is 2.24. The third-order valence-electron chi connectivity index (χ3n) is 3.59. The molecule has 0 amide bonds. The highest BCUT2D eigenvalue weighted by Crippen LogP contribution is 2.20. The van der Waals surface area contributed by atoms with Gasteiger partial charge in [0, 0.05) is 18.8 Å². The lowest BCUT2D eigenvalue weighted by Crippen LogP contribution is -2.31. The first kappa shape index (κ1) is 12.8. The van der Waals surface area contributed by atoms with Crippen LogP contribution in [0, 0.1) is 6.92 Å². The van der Waals surface area contributed by atoms with Gasteiger partial charge in [-0.2, -0.15) is 10.1 Å². The van der Waals surface area contributed by atoms with Gasteiger partial charge in [0.05, 0.1) is 6.20 Å². The van der Waals surface area contributed by atoms with Gasteiger partial charge in [0.1, 0.15) is 0 Å². The Labute approximate surface area is 119 Å². The van der Waals surface area contributed by atoms with Crippen molar-refractivity contribution in [1.82, 2.24) is 15.2 Å². The summed E-state index contributed by atoms with van der Waals surface area (Å²) in [6.45, 7) is 4.12. The molecule has 104 valence electrons. The number of anilines is 3. The van der Waals surface area contributed by atoms with E-state index in [0.717, 1.165) is 30.5 Å². The van der Waals surface area contributed by atoms with Gasteiger partial charge in [-0.1, -0.05) is 18.2 Å². The molecule has 20 heavy (non-hydrogen) atoms. The van der Waals surface area contributed by atoms with Gasteiger partial charge in [-0.25, -0.2) is 0 Å². The van der Waals surface area contributed by atoms with Gasteiger partial charge in [-0.3, -0.25) is 0 Å². The molecule has 5 nitrogen and oxygen atoms in total. The number of hydrogen-bond acceptors (Lipinski definition) is 5. The number of aromatic nitrogens is 3. The predicted octanol–water partition coefficient (Wildman–Crippen LogP) is 2.91. The summed E-state index contributed by atoms with van der Waals surface area (Å²) >= 11 is 0. The van der Waals surface area contributed by atoms with E-state index in [4.69, 9.17) is 0 Å². The Kier molecular flexibility index (Phi) is 3.76. The second kappa shape index (κ2) is 5.86. The number of para-hydroxylation sites is 1. The minimum Gasteiger partial charge on any atom is -0.339 e. The van der Waals surface area contributed by atoms with Crippen LogP contribution in [0.4, 0.5) is 17.5 Å². The second-order valence-corrected chi connectivity index (χ2v) is 5.13. The van der Waals surface area contributed by atoms with Crippen LogP contribution in [-0.2, 0) is 0 Å². The summed E-state index contributed by atoms with van der Waals surface area (Å²) in [4.78, 5) is 6.78. The highest BCUT2D eigenvalue weighted by atomic mass is 15.3. The molecule has 0 saturated carbocycles. The van der Waals surface area contributed by atoms with E-state index in [2.05, 4.69) is 38.4 Å². The molecular weight excluding hydrogens is 250 g/mol. The standard InChI is InChI=1S/C15H19N5/c1-12-7-3-4-8-13(12)17-14-11-16-19-15(18-14)20-9-5-2-6-10-20/h3-4,7-8,11H,2,5-6,9-10H2,1H3,(H,17,18,19). The smallest absolute Gasteiger partial charge is 0.247 e. The van der Waals surface area contributed by atoms with E-state index < -0.39 is 0 Å². The van der Waals surface area contributed by atoms with Crippen molar-refractivity contribution in [2.75, 3.05) is 23.3 Å². The van der Waals surface area contributed by atoms with Gasteiger partial charge in [-0.15, -0.1) is 5.10 Å². The average Bonchev–Trinajstić information content (AvgIpc) is 2.51. The molecule has 1 N–H and O–H groups in total. The molecule has 1 aliphatic heterocycles. The highest BCUT2D eigenvalue weighted by Gasteiger charge is 2.14. The fraction of sp³-hybridized carbons (Fsp3) is 0.400. The lowest BCUT2D eigenvalue weighted by atomic mass is 10.1. The van der Waals surface area contributed by atoms with E-state index in [0.29, 0.717) is 0 Å². The summed E-state index contributed by atoms with van der Waals surface area (Å²) < 4.78 is 0. The number of benzene rings is 1. The van der Waals surface area contributed by atoms with Crippen LogP contribution in [0.5, 0.6) is 0 Å². The second-order valence-electron chi connectivity index (χ2n) is 5.13. The Bertz CT molecular complexity index is 578. The third-order valence-corrected chi connectivity index (χ3v) is 3.59. The molecule has 0 aliphatic carbocycles. The van der Waals surface area contributed by atoms with E-state index in [1.165, 1.54) is 24.8 Å². The summed E-state index contributed by atoms with van der Waals surface area (Å²) in [5.74, 6) is 1.47. The van der Waals surface area contributed by atoms with E-state index in [-0.39, 0.29) is 0 Å². The Morgan fingerprint density at radius 3 is 2.70 bits per heavy atom. The van der Waals surface area contributed by atoms with Crippen LogP contribution in [0.2, 0.25) is 0 Å². The molecule has 0 radical (unpaired) electrons. The van der Waals surface area contributed by atoms with Gasteiger partial charge in [0.15, 0.2) is 5.82 Å². The first-order valence-electron chi connectivity index (χ1n) is 7.10. The minimum absolute atomic E-state index is 0.725. The molecule has 3 rings (SSSR count). The maximum atomic E-state index is 4.57. The number of hydrogen-bond donors (Lipinski definition) is 1. The largest absolute Gasteiger partial charge is 0.339 e. The SMILES string of the molecule is Cc1ccccc1Nc1cnnc(N2CCCCC2)n1. The zero-order valence-corrected chi connectivity index (χ0v) is 11.7. The molecule has 1 fully saturated rings. The average molecular weight is 269 g/mol. The number of rotatable bonds is 3. The molecular formula is C15H19N5. The molecule has 0 spiro atoms. The molecule has 2 heterocycles. The first-order valence-corrected chi connectivity index (χ1v) is 7.10. The van der Waals surface area contributed by atoms with Gasteiger partial charge in [0.25, 0.3) is 0 Å². The van der Waals surface area contributed by atoms with Crippen molar-refractivity contribution in [3.8, 4) is 0 Å². The van der Waals surface area contributed by atoms with Crippen LogP contribution < -0.4 is 10.2 Å². The Morgan fingerprint density at radius 2 is 1.90 bits per heavy atom. The van der Waals surface area contributed by atoms with Gasteiger partial charge in [0.2, 0.25) is 5.95 Å². The van der Waals surface area contributed by atoms with E-state index in [1.54, 1.807) is 6.20 Å². The van der Waals surface area contributed by atoms with Gasteiger partial charge < -0.3 is 10.2 Å². The van der Waals surface area contributed by atoms with Crippen LogP contribution in [0.25, 0.3) is 0 Å². The summed E-state index contributed by atoms with van der Waals surface area (Å²) in [6.07, 6.45) is 5.38. The van der Waals surface area contributed by atoms with E-state index in [1.807, 2.05) is 18.2 Å². The molecule has 2 aromatic rings. The van der Waals surface area contributed by atoms with Crippen molar-refractivity contribution >= 4 is 17.5 Å². The first-order chi connectivity index (χ1) is 9.83. The quantitative estimate of drug-likeness (QED) is 0.928. The van der Waals surface area contributed by atoms with Gasteiger partial charge >= 0.3 is 0 Å². The molecule has 0 bridgehead atoms. The van der Waals surface area contributed by atoms with E-state index >= 15 is 0 Å². The van der Waals surface area contributed by atoms with Crippen LogP contribution in [0.3, 0.4) is 0 Å². The molecule has 0 atom stereocenters. The third kappa shape index (κ3) is 2.87. The molecule has 1 aliphatic rings. The summed E-state index contributed by atoms with van der Waals surface area (Å²) in [7, 11) is 0. The maximum absolute atomic E-state index is 4.57. The van der Waals surface area contributed by atoms with Crippen LogP contribution in [0.1, 0.15) is 24.8 Å². The molecule has 1 saturated heterocycles. The van der Waals surface area contributed by atoms with Crippen LogP contribution in [-0.4, -0.2) is 28.3 Å². The highest BCUT2D eigenvalue weighted by molar-refractivity contribution is 5.60. The Morgan fingerprint density at radius 1 is 1.10 bits per heavy atom. The summed E-state index contributed by atoms with van der Waals surface area (Å²) in [6, 6.07) is 8.15. The molecule has 1 aromatic heterocycles. The molecule has 5 heteroatoms. The number of nitrogens with zero attached hydrogens (tertiary/aromatic N) is 4. The lowest BCUT2D eigenvalue weighted by molar-refractivity contribution is 0.565. The zero-order valence-electron chi connectivity index (χ0n) is 11.7. The Balaban J connectivity index is 1.79. The fourth-order valence-electron chi connectivity index (χ4n) is 2.43. The molecule has 1 aromatic carbocycles. The maximum Gasteiger partial charge on any atom is 0.247 e. The zero-order chi connectivity index (χ0) is 13.8. The molecule has 0 unspecified atom stereocenters. The lowest BCUT2D eigenvalue weighted by Gasteiger charge is -2.26. The fourth-order valence-corrected chi connectivity index (χ4v) is 2.43. The topological polar surface area (TPSA) is 53.9 Å². The number of nitrogens with one attached hydrogen (secondary N) is 1. The van der Waals surface area contributed by atoms with Gasteiger partial charge in [-0.05, 0) is 37.8 Å². The van der Waals surface area contributed by atoms with Crippen LogP contribution in [0.15, 0.2) is 30.5 Å². The summed E-state index contributed by atoms with van der Waals surface area (Å²) in [5, 5.41) is 11.5. The van der Waals surface area contributed by atoms with E-state index in [9.17, 15) is 0 Å². The minimum atomic E-state index is 0.725. The Hall–Kier alpha value is -2.17. The van der Waals surface area contributed by atoms with Crippen molar-refractivity contribution in [3.63, 3.8) is 0 Å². The monoisotopic (exact) mass is 269 g/mol. The van der Waals surface area contributed by atoms with Crippen molar-refractivity contribution < 1.29 is 0 Å². The predicted molar refractivity (Wildman–Crippen MR) is 80.4 cm³/mol. The van der Waals surface area contributed by atoms with Crippen molar-refractivity contribution in [2.24, 2.45) is 0 Å². The van der Waals surface area contributed by atoms with Crippen molar-refractivity contribution in [2.45, 2.75) is 26.2 Å². The van der Waals surface area contributed by atoms with Crippen molar-refractivity contribution in [1.29, 1.82) is 0 Å². The number of piperidine rings is 1. The normalized spacial score (nSPS) is 15.2. The van der Waals surface area contributed by atoms with Crippen LogP contribution >= 0.6 is 0 Å². The number of aryl methyl sites for hydroxylation is 1.